The molecule has 2 N–H and O–H groups in total. The number of hydrogen-bond donors (Lipinski definition) is 2. The number of non-ortho nitro benzene ring substituents is 1. The van der Waals surface area contributed by atoms with E-state index in [0.29, 0.717) is 12.0 Å². The van der Waals surface area contributed by atoms with Crippen molar-refractivity contribution in [1.82, 2.24) is 4.90 Å². The van der Waals surface area contributed by atoms with Crippen molar-refractivity contribution in [2.24, 2.45) is 0 Å². The maximum atomic E-state index is 12.8. The molecule has 0 saturated carbocycles. The van der Waals surface area contributed by atoms with Crippen LogP contribution in [0.4, 0.5) is 11.4 Å². The highest BCUT2D eigenvalue weighted by atomic mass is 16.6. The first-order chi connectivity index (χ1) is 18.7. The van der Waals surface area contributed by atoms with Gasteiger partial charge in [0.05, 0.1) is 27.6 Å². The van der Waals surface area contributed by atoms with Crippen LogP contribution in [0.15, 0.2) is 66.7 Å². The highest BCUT2D eigenvalue weighted by molar-refractivity contribution is 5.95. The molecule has 10 nitrogen and oxygen atoms in total. The van der Waals surface area contributed by atoms with Crippen LogP contribution in [0.2, 0.25) is 0 Å². The Morgan fingerprint density at radius 2 is 1.68 bits per heavy atom. The van der Waals surface area contributed by atoms with Crippen molar-refractivity contribution in [2.75, 3.05) is 13.7 Å². The highest BCUT2D eigenvalue weighted by Crippen LogP contribution is 2.27. The van der Waals surface area contributed by atoms with Crippen LogP contribution in [0.5, 0.6) is 0 Å². The molecule has 0 radical (unpaired) electrons. The molecular weight excluding hydrogens is 478 g/mol. The second-order valence-corrected chi connectivity index (χ2v) is 8.29. The van der Waals surface area contributed by atoms with Gasteiger partial charge in [0.2, 0.25) is 1.43 Å². The lowest BCUT2D eigenvalue weighted by Crippen LogP contribution is -2.34. The molecule has 4 rings (SSSR count). The van der Waals surface area contributed by atoms with Gasteiger partial charge < -0.3 is 15.1 Å². The summed E-state index contributed by atoms with van der Waals surface area (Å²) in [5, 5.41) is 35.5. The van der Waals surface area contributed by atoms with Crippen LogP contribution in [-0.2, 0) is 0 Å². The first kappa shape index (κ1) is 24.3. The smallest absolute Gasteiger partial charge is 0.283 e. The van der Waals surface area contributed by atoms with E-state index in [1.807, 2.05) is 36.4 Å². The monoisotopic (exact) mass is 508 g/mol. The zero-order valence-electron chi connectivity index (χ0n) is 22.0. The molecule has 1 heterocycles. The minimum absolute atomic E-state index is 0.0548. The number of rotatable bonds is 6. The Morgan fingerprint density at radius 3 is 2.24 bits per heavy atom. The quantitative estimate of drug-likeness (QED) is 0.282. The summed E-state index contributed by atoms with van der Waals surface area (Å²) in [7, 11) is 1.29. The zero-order valence-corrected chi connectivity index (χ0v) is 20.0. The van der Waals surface area contributed by atoms with Crippen molar-refractivity contribution < 1.29 is 26.2 Å². The molecular formula is C27H27N3O7. The molecule has 10 heteroatoms. The normalized spacial score (nSPS) is 17.5. The van der Waals surface area contributed by atoms with Gasteiger partial charge in [0.1, 0.15) is 0 Å². The van der Waals surface area contributed by atoms with Gasteiger partial charge in [-0.05, 0) is 54.3 Å². The summed E-state index contributed by atoms with van der Waals surface area (Å²) in [6.07, 6.45) is 3.05. The van der Waals surface area contributed by atoms with Crippen molar-refractivity contribution in [1.29, 1.82) is 1.43 Å². The van der Waals surface area contributed by atoms with Crippen LogP contribution in [0.3, 0.4) is 0 Å². The van der Waals surface area contributed by atoms with E-state index in [-0.39, 0.29) is 42.3 Å². The molecule has 0 unspecified atom stereocenters. The number of carbonyl (C=O) groups is 1. The summed E-state index contributed by atoms with van der Waals surface area (Å²) in [6.45, 7) is 0.293. The average Bonchev–Trinajstić information content (AvgIpc) is 3.32. The fourth-order valence-corrected chi connectivity index (χ4v) is 4.03. The molecule has 1 saturated heterocycles. The van der Waals surface area contributed by atoms with E-state index in [4.69, 9.17) is 2.80 Å². The van der Waals surface area contributed by atoms with E-state index in [1.165, 1.54) is 25.3 Å². The number of carbonyl (C=O) groups excluding carboxylic acids is 1. The SMILES string of the molecule is [2H]C[C@@H]1C[C@@H](O)CN1C(=O)c1ccc(-c2ccc(/C=C/c3ccc([N+](=O)[O-])cc3[N+](=O)[O-])cc2)cc1.[3H]OC. The molecule has 1 fully saturated rings. The third-order valence-corrected chi connectivity index (χ3v) is 5.91. The van der Waals surface area contributed by atoms with Crippen molar-refractivity contribution >= 4 is 29.4 Å². The van der Waals surface area contributed by atoms with Crippen molar-refractivity contribution in [3.8, 4) is 11.1 Å². The fraction of sp³-hybridized carbons (Fsp3) is 0.222. The Hall–Kier alpha value is -4.41. The van der Waals surface area contributed by atoms with Crippen LogP contribution in [0.25, 0.3) is 23.3 Å². The minimum Gasteiger partial charge on any atom is -0.400 e. The molecule has 1 amide bonds. The number of amides is 1. The summed E-state index contributed by atoms with van der Waals surface area (Å²) in [5.41, 5.74) is 2.66. The third-order valence-electron chi connectivity index (χ3n) is 5.91. The number of hydrogen-bond acceptors (Lipinski definition) is 7. The fourth-order valence-electron chi connectivity index (χ4n) is 4.03. The van der Waals surface area contributed by atoms with E-state index in [0.717, 1.165) is 22.8 Å². The van der Waals surface area contributed by atoms with Crippen LogP contribution in [0.1, 0.15) is 36.2 Å². The largest absolute Gasteiger partial charge is 0.400 e. The summed E-state index contributed by atoms with van der Waals surface area (Å²) < 4.78 is 13.3. The second kappa shape index (κ2) is 12.0. The van der Waals surface area contributed by atoms with Crippen LogP contribution >= 0.6 is 0 Å². The first-order valence-corrected chi connectivity index (χ1v) is 11.3. The molecule has 0 aromatic heterocycles. The topological polar surface area (TPSA) is 147 Å². The highest BCUT2D eigenvalue weighted by Gasteiger charge is 2.31. The van der Waals surface area contributed by atoms with E-state index in [1.54, 1.807) is 23.1 Å². The van der Waals surface area contributed by atoms with Gasteiger partial charge in [0, 0.05) is 32.7 Å². The van der Waals surface area contributed by atoms with Crippen LogP contribution < -0.4 is 0 Å². The second-order valence-electron chi connectivity index (χ2n) is 8.29. The molecule has 3 aromatic rings. The van der Waals surface area contributed by atoms with Gasteiger partial charge in [0.15, 0.2) is 0 Å². The molecule has 0 bridgehead atoms. The Morgan fingerprint density at radius 1 is 1.05 bits per heavy atom. The number of aliphatic hydroxyl groups excluding tert-OH is 2. The molecule has 37 heavy (non-hydrogen) atoms. The summed E-state index contributed by atoms with van der Waals surface area (Å²) >= 11 is 0. The lowest BCUT2D eigenvalue weighted by atomic mass is 10.0. The number of benzene rings is 3. The Balaban J connectivity index is 0.00000134. The Bertz CT molecular complexity index is 1350. The number of nitro groups is 2. The molecule has 1 aliphatic rings. The van der Waals surface area contributed by atoms with Crippen LogP contribution in [0, 0.1) is 20.2 Å². The number of aliphatic hydroxyl groups is 2. The molecule has 2 atom stereocenters. The molecule has 0 spiro atoms. The lowest BCUT2D eigenvalue weighted by Gasteiger charge is -2.21. The number of nitro benzene ring substituents is 2. The molecule has 1 aliphatic heterocycles. The summed E-state index contributed by atoms with van der Waals surface area (Å²) in [5.74, 6) is -0.198. The van der Waals surface area contributed by atoms with Gasteiger partial charge in [0.25, 0.3) is 17.3 Å². The van der Waals surface area contributed by atoms with E-state index in [2.05, 4.69) is 5.11 Å². The predicted molar refractivity (Wildman–Crippen MR) is 140 cm³/mol. The summed E-state index contributed by atoms with van der Waals surface area (Å²) in [6, 6.07) is 17.8. The molecule has 3 aromatic carbocycles. The molecule has 0 aliphatic carbocycles. The maximum absolute atomic E-state index is 12.8. The Labute approximate surface area is 216 Å². The van der Waals surface area contributed by atoms with Crippen molar-refractivity contribution in [3.63, 3.8) is 0 Å². The minimum atomic E-state index is -0.674. The molecule has 192 valence electrons. The van der Waals surface area contributed by atoms with Gasteiger partial charge in [-0.15, -0.1) is 0 Å². The van der Waals surface area contributed by atoms with Crippen LogP contribution in [-0.4, -0.2) is 58.1 Å². The lowest BCUT2D eigenvalue weighted by molar-refractivity contribution is -0.394. The van der Waals surface area contributed by atoms with Gasteiger partial charge in [-0.1, -0.05) is 42.5 Å². The Kier molecular flexibility index (Phi) is 7.89. The zero-order chi connectivity index (χ0) is 28.5. The number of β-amino-alcohol motifs (C(OH)–C–C–N with tert-alkyl or cyclic N) is 1. The summed E-state index contributed by atoms with van der Waals surface area (Å²) in [4.78, 5) is 35.2. The standard InChI is InChI=1S/C26H23N3O6.CH4O/c1-17-14-24(30)16-27(17)26(31)22-10-8-20(9-11-22)19-5-2-18(3-6-19)4-7-21-12-13-23(28(32)33)15-25(21)29(34)35;1-2/h2-13,15,17,24,30H,14,16H2,1H3;2H,1H3/b7-4+;/t17-,24-;/m1./s1/i1D;2T. The third kappa shape index (κ3) is 6.43. The van der Waals surface area contributed by atoms with E-state index in [9.17, 15) is 30.1 Å². The van der Waals surface area contributed by atoms with Crippen molar-refractivity contribution in [2.45, 2.75) is 25.5 Å². The number of likely N-dealkylation sites (tertiary alicyclic amines) is 1. The maximum Gasteiger partial charge on any atom is 0.283 e. The first-order valence-electron chi connectivity index (χ1n) is 12.4. The van der Waals surface area contributed by atoms with E-state index < -0.39 is 16.0 Å². The van der Waals surface area contributed by atoms with Gasteiger partial charge >= 0.3 is 0 Å². The van der Waals surface area contributed by atoms with Gasteiger partial charge in [-0.25, -0.2) is 0 Å². The van der Waals surface area contributed by atoms with Crippen molar-refractivity contribution in [3.05, 3.63) is 104 Å². The van der Waals surface area contributed by atoms with E-state index >= 15 is 0 Å². The number of nitrogens with zero attached hydrogens (tertiary/aromatic N) is 3. The van der Waals surface area contributed by atoms with Gasteiger partial charge in [-0.2, -0.15) is 0 Å². The van der Waals surface area contributed by atoms with Gasteiger partial charge in [-0.3, -0.25) is 25.0 Å². The average molecular weight is 509 g/mol. The predicted octanol–water partition coefficient (Wildman–Crippen LogP) is 4.54.